The fourth-order valence-corrected chi connectivity index (χ4v) is 2.20. The van der Waals surface area contributed by atoms with Crippen LogP contribution in [0.1, 0.15) is 96.8 Å². The van der Waals surface area contributed by atoms with Gasteiger partial charge in [0.2, 0.25) is 0 Å². The largest absolute Gasteiger partial charge is 0.396 e. The summed E-state index contributed by atoms with van der Waals surface area (Å²) in [5.74, 6) is 6.60. The molecule has 0 bridgehead atoms. The summed E-state index contributed by atoms with van der Waals surface area (Å²) in [7, 11) is 0. The molecule has 0 fully saturated rings. The topological polar surface area (TPSA) is 20.2 Å². The fourth-order valence-electron chi connectivity index (χ4n) is 2.20. The van der Waals surface area contributed by atoms with Gasteiger partial charge in [-0.1, -0.05) is 64.7 Å². The molecule has 19 heavy (non-hydrogen) atoms. The molecule has 1 N–H and O–H groups in total. The lowest BCUT2D eigenvalue weighted by atomic mass is 10.1. The van der Waals surface area contributed by atoms with Crippen molar-refractivity contribution >= 4 is 0 Å². The van der Waals surface area contributed by atoms with Crippen LogP contribution in [0.25, 0.3) is 0 Å². The zero-order valence-electron chi connectivity index (χ0n) is 13.1. The van der Waals surface area contributed by atoms with Gasteiger partial charge in [0.05, 0.1) is 0 Å². The molecule has 0 aromatic carbocycles. The van der Waals surface area contributed by atoms with Gasteiger partial charge in [-0.15, -0.1) is 11.8 Å². The maximum atomic E-state index is 8.65. The van der Waals surface area contributed by atoms with Crippen molar-refractivity contribution in [2.75, 3.05) is 6.61 Å². The highest BCUT2D eigenvalue weighted by molar-refractivity contribution is 4.98. The van der Waals surface area contributed by atoms with Crippen LogP contribution >= 0.6 is 0 Å². The van der Waals surface area contributed by atoms with Gasteiger partial charge in [-0.25, -0.2) is 0 Å². The minimum absolute atomic E-state index is 0.351. The highest BCUT2D eigenvalue weighted by Crippen LogP contribution is 2.07. The van der Waals surface area contributed by atoms with Crippen molar-refractivity contribution in [2.24, 2.45) is 0 Å². The molecule has 0 spiro atoms. The fraction of sp³-hybridized carbons (Fsp3) is 0.889. The third kappa shape index (κ3) is 17.5. The molecular formula is C18H34O. The van der Waals surface area contributed by atoms with E-state index in [2.05, 4.69) is 18.8 Å². The number of aliphatic hydroxyl groups excluding tert-OH is 1. The van der Waals surface area contributed by atoms with Crippen molar-refractivity contribution in [3.05, 3.63) is 0 Å². The van der Waals surface area contributed by atoms with Crippen molar-refractivity contribution < 1.29 is 5.11 Å². The van der Waals surface area contributed by atoms with Crippen LogP contribution in [0.5, 0.6) is 0 Å². The molecule has 0 aliphatic heterocycles. The van der Waals surface area contributed by atoms with E-state index in [1.807, 2.05) is 0 Å². The number of hydrogen-bond donors (Lipinski definition) is 1. The molecule has 0 unspecified atom stereocenters. The SMILES string of the molecule is CCCCCCCCC#CCCCCCCCCO. The lowest BCUT2D eigenvalue weighted by Gasteiger charge is -1.98. The third-order valence-corrected chi connectivity index (χ3v) is 3.49. The first-order valence-electron chi connectivity index (χ1n) is 8.48. The van der Waals surface area contributed by atoms with Gasteiger partial charge in [-0.3, -0.25) is 0 Å². The molecule has 0 saturated heterocycles. The first kappa shape index (κ1) is 18.5. The molecule has 0 aliphatic carbocycles. The summed E-state index contributed by atoms with van der Waals surface area (Å²) in [6, 6.07) is 0. The molecule has 0 aromatic rings. The summed E-state index contributed by atoms with van der Waals surface area (Å²) in [5, 5.41) is 8.65. The van der Waals surface area contributed by atoms with Gasteiger partial charge in [0.25, 0.3) is 0 Å². The Morgan fingerprint density at radius 1 is 0.579 bits per heavy atom. The van der Waals surface area contributed by atoms with Crippen LogP contribution in [0.4, 0.5) is 0 Å². The highest BCUT2D eigenvalue weighted by Gasteiger charge is 1.90. The van der Waals surface area contributed by atoms with Crippen molar-refractivity contribution in [1.29, 1.82) is 0 Å². The van der Waals surface area contributed by atoms with E-state index in [0.717, 1.165) is 19.3 Å². The Hall–Kier alpha value is -0.480. The summed E-state index contributed by atoms with van der Waals surface area (Å²) >= 11 is 0. The monoisotopic (exact) mass is 266 g/mol. The van der Waals surface area contributed by atoms with E-state index in [4.69, 9.17) is 5.11 Å². The number of aliphatic hydroxyl groups is 1. The first-order chi connectivity index (χ1) is 9.41. The summed E-state index contributed by atoms with van der Waals surface area (Å²) < 4.78 is 0. The molecule has 112 valence electrons. The molecule has 1 nitrogen and oxygen atoms in total. The van der Waals surface area contributed by atoms with Gasteiger partial charge in [-0.05, 0) is 19.3 Å². The van der Waals surface area contributed by atoms with E-state index in [1.165, 1.54) is 70.6 Å². The second kappa shape index (κ2) is 17.5. The average molecular weight is 266 g/mol. The second-order valence-corrected chi connectivity index (χ2v) is 5.47. The zero-order chi connectivity index (χ0) is 14.0. The molecule has 1 heteroatoms. The van der Waals surface area contributed by atoms with Gasteiger partial charge < -0.3 is 5.11 Å². The van der Waals surface area contributed by atoms with E-state index >= 15 is 0 Å². The van der Waals surface area contributed by atoms with Crippen LogP contribution in [0.2, 0.25) is 0 Å². The van der Waals surface area contributed by atoms with E-state index in [9.17, 15) is 0 Å². The predicted octanol–water partition coefficient (Wildman–Crippen LogP) is 5.46. The molecule has 0 amide bonds. The molecule has 0 rings (SSSR count). The lowest BCUT2D eigenvalue weighted by molar-refractivity contribution is 0.282. The normalized spacial score (nSPS) is 10.2. The maximum Gasteiger partial charge on any atom is 0.0431 e. The Bertz CT molecular complexity index is 211. The van der Waals surface area contributed by atoms with Gasteiger partial charge >= 0.3 is 0 Å². The quantitative estimate of drug-likeness (QED) is 0.346. The van der Waals surface area contributed by atoms with Gasteiger partial charge in [0, 0.05) is 19.4 Å². The van der Waals surface area contributed by atoms with Crippen LogP contribution < -0.4 is 0 Å². The zero-order valence-corrected chi connectivity index (χ0v) is 13.1. The van der Waals surface area contributed by atoms with Crippen LogP contribution in [0.3, 0.4) is 0 Å². The number of hydrogen-bond acceptors (Lipinski definition) is 1. The van der Waals surface area contributed by atoms with Crippen LogP contribution in [0.15, 0.2) is 0 Å². The van der Waals surface area contributed by atoms with Crippen LogP contribution in [-0.2, 0) is 0 Å². The molecule has 0 saturated carbocycles. The molecular weight excluding hydrogens is 232 g/mol. The number of rotatable bonds is 13. The smallest absolute Gasteiger partial charge is 0.0431 e. The van der Waals surface area contributed by atoms with Crippen LogP contribution in [0, 0.1) is 11.8 Å². The van der Waals surface area contributed by atoms with Crippen molar-refractivity contribution in [3.8, 4) is 11.8 Å². The predicted molar refractivity (Wildman–Crippen MR) is 85.2 cm³/mol. The van der Waals surface area contributed by atoms with E-state index in [-0.39, 0.29) is 0 Å². The van der Waals surface area contributed by atoms with Crippen molar-refractivity contribution in [2.45, 2.75) is 96.8 Å². The Morgan fingerprint density at radius 3 is 1.47 bits per heavy atom. The molecule has 0 heterocycles. The van der Waals surface area contributed by atoms with E-state index in [1.54, 1.807) is 0 Å². The summed E-state index contributed by atoms with van der Waals surface area (Å²) in [5.41, 5.74) is 0. The first-order valence-corrected chi connectivity index (χ1v) is 8.48. The third-order valence-electron chi connectivity index (χ3n) is 3.49. The van der Waals surface area contributed by atoms with Gasteiger partial charge in [0.1, 0.15) is 0 Å². The maximum absolute atomic E-state index is 8.65. The Kier molecular flexibility index (Phi) is 17.1. The average Bonchev–Trinajstić information content (AvgIpc) is 2.43. The molecule has 0 radical (unpaired) electrons. The number of unbranched alkanes of at least 4 members (excludes halogenated alkanes) is 12. The Labute approximate surface area is 121 Å². The van der Waals surface area contributed by atoms with E-state index < -0.39 is 0 Å². The van der Waals surface area contributed by atoms with Crippen molar-refractivity contribution in [1.82, 2.24) is 0 Å². The standard InChI is InChI=1S/C18H34O/c1-2-3-4-5-6-7-8-9-10-11-12-13-14-15-16-17-18-19/h19H,2-8,11-18H2,1H3. The van der Waals surface area contributed by atoms with Crippen LogP contribution in [-0.4, -0.2) is 11.7 Å². The minimum Gasteiger partial charge on any atom is -0.396 e. The minimum atomic E-state index is 0.351. The van der Waals surface area contributed by atoms with Gasteiger partial charge in [-0.2, -0.15) is 0 Å². The molecule has 0 aromatic heterocycles. The summed E-state index contributed by atoms with van der Waals surface area (Å²) in [6.45, 7) is 2.61. The summed E-state index contributed by atoms with van der Waals surface area (Å²) in [6.07, 6.45) is 17.6. The van der Waals surface area contributed by atoms with E-state index in [0.29, 0.717) is 6.61 Å². The molecule has 0 atom stereocenters. The second-order valence-electron chi connectivity index (χ2n) is 5.47. The Morgan fingerprint density at radius 2 is 1.00 bits per heavy atom. The lowest BCUT2D eigenvalue weighted by Crippen LogP contribution is -1.83. The molecule has 0 aliphatic rings. The Balaban J connectivity index is 3.05. The highest BCUT2D eigenvalue weighted by atomic mass is 16.2. The van der Waals surface area contributed by atoms with Gasteiger partial charge in [0.15, 0.2) is 0 Å². The van der Waals surface area contributed by atoms with Crippen molar-refractivity contribution in [3.63, 3.8) is 0 Å². The summed E-state index contributed by atoms with van der Waals surface area (Å²) in [4.78, 5) is 0.